The molecule has 0 aromatic heterocycles. The highest BCUT2D eigenvalue weighted by Crippen LogP contribution is 2.07. The van der Waals surface area contributed by atoms with Gasteiger partial charge in [0.15, 0.2) is 5.96 Å². The van der Waals surface area contributed by atoms with Crippen molar-refractivity contribution < 1.29 is 9.47 Å². The lowest BCUT2D eigenvalue weighted by Gasteiger charge is -2.13. The Morgan fingerprint density at radius 2 is 2.35 bits per heavy atom. The number of guanidine groups is 1. The number of hydrogen-bond acceptors (Lipinski definition) is 4. The summed E-state index contributed by atoms with van der Waals surface area (Å²) in [4.78, 5) is 4.19. The highest BCUT2D eigenvalue weighted by Gasteiger charge is 2.15. The standard InChI is InChI=1S/C14H27N3O2S/c1-3-10-20-11-7-17-14(15-2)16-6-4-8-19-13-5-9-18-12-13/h3,13H,1,4-12H2,2H3,(H2,15,16,17). The van der Waals surface area contributed by atoms with Crippen molar-refractivity contribution in [2.45, 2.75) is 18.9 Å². The van der Waals surface area contributed by atoms with Crippen molar-refractivity contribution in [1.29, 1.82) is 0 Å². The second kappa shape index (κ2) is 12.1. The molecule has 5 nitrogen and oxygen atoms in total. The molecule has 1 saturated heterocycles. The van der Waals surface area contributed by atoms with Crippen LogP contribution in [0.15, 0.2) is 17.6 Å². The highest BCUT2D eigenvalue weighted by molar-refractivity contribution is 7.99. The summed E-state index contributed by atoms with van der Waals surface area (Å²) in [6.45, 7) is 7.83. The third-order valence-corrected chi connectivity index (χ3v) is 3.82. The Labute approximate surface area is 126 Å². The lowest BCUT2D eigenvalue weighted by atomic mass is 10.3. The van der Waals surface area contributed by atoms with Crippen molar-refractivity contribution in [3.63, 3.8) is 0 Å². The molecule has 1 heterocycles. The van der Waals surface area contributed by atoms with E-state index < -0.39 is 0 Å². The average molecular weight is 301 g/mol. The van der Waals surface area contributed by atoms with Gasteiger partial charge in [0.05, 0.1) is 12.7 Å². The van der Waals surface area contributed by atoms with Crippen LogP contribution >= 0.6 is 11.8 Å². The predicted molar refractivity (Wildman–Crippen MR) is 86.7 cm³/mol. The van der Waals surface area contributed by atoms with E-state index in [1.54, 1.807) is 7.05 Å². The van der Waals surface area contributed by atoms with E-state index in [0.29, 0.717) is 6.10 Å². The molecular weight excluding hydrogens is 274 g/mol. The summed E-state index contributed by atoms with van der Waals surface area (Å²) in [5.41, 5.74) is 0. The average Bonchev–Trinajstić information content (AvgIpc) is 2.97. The van der Waals surface area contributed by atoms with Gasteiger partial charge in [-0.1, -0.05) is 6.08 Å². The molecule has 20 heavy (non-hydrogen) atoms. The Morgan fingerprint density at radius 3 is 3.05 bits per heavy atom. The van der Waals surface area contributed by atoms with Crippen LogP contribution in [0.25, 0.3) is 0 Å². The third kappa shape index (κ3) is 8.45. The van der Waals surface area contributed by atoms with Crippen LogP contribution in [0.5, 0.6) is 0 Å². The summed E-state index contributed by atoms with van der Waals surface area (Å²) in [5.74, 6) is 2.90. The van der Waals surface area contributed by atoms with Crippen LogP contribution in [-0.4, -0.2) is 63.5 Å². The maximum atomic E-state index is 5.71. The third-order valence-electron chi connectivity index (χ3n) is 2.85. The van der Waals surface area contributed by atoms with E-state index >= 15 is 0 Å². The number of nitrogens with one attached hydrogen (secondary N) is 2. The Hall–Kier alpha value is -0.720. The molecule has 1 rings (SSSR count). The van der Waals surface area contributed by atoms with E-state index in [1.807, 2.05) is 17.8 Å². The number of ether oxygens (including phenoxy) is 2. The second-order valence-corrected chi connectivity index (χ2v) is 5.65. The van der Waals surface area contributed by atoms with Crippen molar-refractivity contribution in [2.24, 2.45) is 4.99 Å². The summed E-state index contributed by atoms with van der Waals surface area (Å²) >= 11 is 1.86. The van der Waals surface area contributed by atoms with E-state index in [-0.39, 0.29) is 0 Å². The fourth-order valence-electron chi connectivity index (χ4n) is 1.80. The van der Waals surface area contributed by atoms with Crippen LogP contribution in [0.1, 0.15) is 12.8 Å². The largest absolute Gasteiger partial charge is 0.379 e. The van der Waals surface area contributed by atoms with Gasteiger partial charge >= 0.3 is 0 Å². The number of thioether (sulfide) groups is 1. The lowest BCUT2D eigenvalue weighted by molar-refractivity contribution is 0.0420. The zero-order chi connectivity index (χ0) is 14.5. The monoisotopic (exact) mass is 301 g/mol. The normalized spacial score (nSPS) is 19.1. The van der Waals surface area contributed by atoms with Crippen molar-refractivity contribution in [3.8, 4) is 0 Å². The SMILES string of the molecule is C=CCSCCNC(=NC)NCCCOC1CCOC1. The van der Waals surface area contributed by atoms with E-state index in [9.17, 15) is 0 Å². The first kappa shape index (κ1) is 17.3. The van der Waals surface area contributed by atoms with E-state index in [1.165, 1.54) is 0 Å². The summed E-state index contributed by atoms with van der Waals surface area (Å²) < 4.78 is 11.0. The minimum atomic E-state index is 0.300. The topological polar surface area (TPSA) is 54.9 Å². The van der Waals surface area contributed by atoms with Gasteiger partial charge in [-0.25, -0.2) is 0 Å². The van der Waals surface area contributed by atoms with Gasteiger partial charge in [0.2, 0.25) is 0 Å². The molecule has 1 unspecified atom stereocenters. The van der Waals surface area contributed by atoms with Gasteiger partial charge in [-0.2, -0.15) is 11.8 Å². The molecular formula is C14H27N3O2S. The Bertz CT molecular complexity index is 282. The number of hydrogen-bond donors (Lipinski definition) is 2. The predicted octanol–water partition coefficient (Wildman–Crippen LogP) is 1.27. The smallest absolute Gasteiger partial charge is 0.191 e. The van der Waals surface area contributed by atoms with Crippen molar-refractivity contribution >= 4 is 17.7 Å². The van der Waals surface area contributed by atoms with Crippen LogP contribution in [0, 0.1) is 0 Å². The van der Waals surface area contributed by atoms with Gasteiger partial charge < -0.3 is 20.1 Å². The molecule has 0 spiro atoms. The molecule has 0 amide bonds. The lowest BCUT2D eigenvalue weighted by Crippen LogP contribution is -2.39. The van der Waals surface area contributed by atoms with Crippen LogP contribution in [0.3, 0.4) is 0 Å². The second-order valence-electron chi connectivity index (χ2n) is 4.50. The van der Waals surface area contributed by atoms with Gasteiger partial charge in [0.1, 0.15) is 0 Å². The molecule has 6 heteroatoms. The summed E-state index contributed by atoms with van der Waals surface area (Å²) in [5, 5.41) is 6.57. The molecule has 1 aliphatic rings. The first-order valence-corrected chi connectivity index (χ1v) is 8.34. The molecule has 0 aromatic rings. The van der Waals surface area contributed by atoms with Gasteiger partial charge in [0.25, 0.3) is 0 Å². The zero-order valence-corrected chi connectivity index (χ0v) is 13.2. The number of nitrogens with zero attached hydrogens (tertiary/aromatic N) is 1. The van der Waals surface area contributed by atoms with Gasteiger partial charge in [0, 0.05) is 44.9 Å². The van der Waals surface area contributed by atoms with Gasteiger partial charge in [-0.05, 0) is 12.8 Å². The minimum Gasteiger partial charge on any atom is -0.379 e. The van der Waals surface area contributed by atoms with Crippen LogP contribution in [0.2, 0.25) is 0 Å². The van der Waals surface area contributed by atoms with Crippen LogP contribution < -0.4 is 10.6 Å². The molecule has 2 N–H and O–H groups in total. The Kier molecular flexibility index (Phi) is 10.4. The maximum absolute atomic E-state index is 5.71. The van der Waals surface area contributed by atoms with Crippen LogP contribution in [0.4, 0.5) is 0 Å². The molecule has 0 aliphatic carbocycles. The van der Waals surface area contributed by atoms with Gasteiger partial charge in [-0.3, -0.25) is 4.99 Å². The summed E-state index contributed by atoms with van der Waals surface area (Å²) in [7, 11) is 1.79. The molecule has 1 aliphatic heterocycles. The molecule has 0 aromatic carbocycles. The quantitative estimate of drug-likeness (QED) is 0.275. The summed E-state index contributed by atoms with van der Waals surface area (Å²) in [6.07, 6.45) is 4.23. The first-order chi connectivity index (χ1) is 9.86. The van der Waals surface area contributed by atoms with E-state index in [2.05, 4.69) is 22.2 Å². The fourth-order valence-corrected chi connectivity index (χ4v) is 2.38. The van der Waals surface area contributed by atoms with Gasteiger partial charge in [-0.15, -0.1) is 6.58 Å². The molecule has 1 atom stereocenters. The molecule has 1 fully saturated rings. The number of aliphatic imine (C=N–C) groups is 1. The molecule has 0 saturated carbocycles. The maximum Gasteiger partial charge on any atom is 0.191 e. The molecule has 0 radical (unpaired) electrons. The fraction of sp³-hybridized carbons (Fsp3) is 0.786. The minimum absolute atomic E-state index is 0.300. The Balaban J connectivity index is 1.93. The number of rotatable bonds is 10. The van der Waals surface area contributed by atoms with Crippen molar-refractivity contribution in [1.82, 2.24) is 10.6 Å². The summed E-state index contributed by atoms with van der Waals surface area (Å²) in [6, 6.07) is 0. The zero-order valence-electron chi connectivity index (χ0n) is 12.4. The highest BCUT2D eigenvalue weighted by atomic mass is 32.2. The molecule has 0 bridgehead atoms. The van der Waals surface area contributed by atoms with E-state index in [4.69, 9.17) is 9.47 Å². The van der Waals surface area contributed by atoms with Crippen molar-refractivity contribution in [3.05, 3.63) is 12.7 Å². The Morgan fingerprint density at radius 1 is 1.50 bits per heavy atom. The van der Waals surface area contributed by atoms with Crippen molar-refractivity contribution in [2.75, 3.05) is 51.5 Å². The van der Waals surface area contributed by atoms with E-state index in [0.717, 1.165) is 63.2 Å². The molecule has 116 valence electrons. The van der Waals surface area contributed by atoms with Crippen LogP contribution in [-0.2, 0) is 9.47 Å². The first-order valence-electron chi connectivity index (χ1n) is 7.19.